The van der Waals surface area contributed by atoms with E-state index >= 15 is 0 Å². The molecule has 9 nitrogen and oxygen atoms in total. The van der Waals surface area contributed by atoms with E-state index in [1.807, 2.05) is 20.8 Å². The maximum atomic E-state index is 12.0. The molecule has 0 aliphatic heterocycles. The number of likely N-dealkylation sites (N-methyl/N-ethyl adjacent to an activating group) is 1. The van der Waals surface area contributed by atoms with Gasteiger partial charge in [0.05, 0.1) is 19.4 Å². The highest BCUT2D eigenvalue weighted by molar-refractivity contribution is 5.86. The van der Waals surface area contributed by atoms with Crippen molar-refractivity contribution in [1.29, 1.82) is 0 Å². The van der Waals surface area contributed by atoms with Crippen LogP contribution in [0.3, 0.4) is 0 Å². The Morgan fingerprint density at radius 2 is 2.20 bits per heavy atom. The average molecular weight is 347 g/mol. The van der Waals surface area contributed by atoms with Crippen molar-refractivity contribution in [3.8, 4) is 11.6 Å². The molecule has 2 aromatic heterocycles. The van der Waals surface area contributed by atoms with Crippen LogP contribution in [0.2, 0.25) is 0 Å². The second-order valence-corrected chi connectivity index (χ2v) is 6.64. The second kappa shape index (κ2) is 7.82. The van der Waals surface area contributed by atoms with Gasteiger partial charge in [-0.1, -0.05) is 0 Å². The van der Waals surface area contributed by atoms with Crippen LogP contribution in [0.5, 0.6) is 0 Å². The highest BCUT2D eigenvalue weighted by Crippen LogP contribution is 2.14. The average Bonchev–Trinajstić information content (AvgIpc) is 3.16. The summed E-state index contributed by atoms with van der Waals surface area (Å²) in [7, 11) is 3.46. The number of carbonyl (C=O) groups is 1. The van der Waals surface area contributed by atoms with Gasteiger partial charge < -0.3 is 20.0 Å². The zero-order valence-electron chi connectivity index (χ0n) is 15.3. The van der Waals surface area contributed by atoms with Crippen LogP contribution in [0, 0.1) is 0 Å². The smallest absolute Gasteiger partial charge is 0.240 e. The van der Waals surface area contributed by atoms with Gasteiger partial charge in [0.25, 0.3) is 0 Å². The fourth-order valence-corrected chi connectivity index (χ4v) is 2.19. The van der Waals surface area contributed by atoms with Crippen LogP contribution >= 0.6 is 0 Å². The molecule has 2 heterocycles. The van der Waals surface area contributed by atoms with E-state index in [2.05, 4.69) is 30.8 Å². The number of furan rings is 1. The summed E-state index contributed by atoms with van der Waals surface area (Å²) in [4.78, 5) is 22.3. The van der Waals surface area contributed by atoms with Gasteiger partial charge in [0, 0.05) is 19.6 Å². The number of rotatable bonds is 5. The molecule has 2 rings (SSSR count). The summed E-state index contributed by atoms with van der Waals surface area (Å²) >= 11 is 0. The SMILES string of the molecule is CN=C(NCc1nc(-c2ccco2)n[nH]1)N(C)CC(=O)NC(C)(C)C. The van der Waals surface area contributed by atoms with E-state index in [4.69, 9.17) is 4.42 Å². The summed E-state index contributed by atoms with van der Waals surface area (Å²) in [6, 6.07) is 3.57. The molecular weight excluding hydrogens is 322 g/mol. The highest BCUT2D eigenvalue weighted by Gasteiger charge is 2.17. The van der Waals surface area contributed by atoms with E-state index < -0.39 is 0 Å². The molecule has 0 aliphatic carbocycles. The van der Waals surface area contributed by atoms with Crippen molar-refractivity contribution in [2.75, 3.05) is 20.6 Å². The van der Waals surface area contributed by atoms with Gasteiger partial charge in [-0.05, 0) is 32.9 Å². The van der Waals surface area contributed by atoms with Crippen molar-refractivity contribution >= 4 is 11.9 Å². The minimum absolute atomic E-state index is 0.0716. The number of nitrogens with zero attached hydrogens (tertiary/aromatic N) is 4. The molecule has 0 saturated carbocycles. The number of hydrogen-bond acceptors (Lipinski definition) is 5. The monoisotopic (exact) mass is 347 g/mol. The van der Waals surface area contributed by atoms with Crippen LogP contribution in [0.15, 0.2) is 27.8 Å². The van der Waals surface area contributed by atoms with Crippen LogP contribution in [-0.2, 0) is 11.3 Å². The number of H-pyrrole nitrogens is 1. The van der Waals surface area contributed by atoms with E-state index in [0.29, 0.717) is 29.9 Å². The summed E-state index contributed by atoms with van der Waals surface area (Å²) in [5.74, 6) is 2.25. The normalized spacial score (nSPS) is 12.1. The van der Waals surface area contributed by atoms with Crippen molar-refractivity contribution < 1.29 is 9.21 Å². The number of aliphatic imine (C=N–C) groups is 1. The lowest BCUT2D eigenvalue weighted by Crippen LogP contribution is -2.48. The second-order valence-electron chi connectivity index (χ2n) is 6.64. The van der Waals surface area contributed by atoms with E-state index in [-0.39, 0.29) is 18.0 Å². The first-order valence-corrected chi connectivity index (χ1v) is 7.96. The van der Waals surface area contributed by atoms with Gasteiger partial charge in [0.2, 0.25) is 11.7 Å². The minimum atomic E-state index is -0.267. The van der Waals surface area contributed by atoms with Gasteiger partial charge in [0.1, 0.15) is 5.82 Å². The Kier molecular flexibility index (Phi) is 5.79. The first-order chi connectivity index (χ1) is 11.8. The standard InChI is InChI=1S/C16H25N7O2/c1-16(2,3)20-13(24)10-23(5)15(17-4)18-9-12-19-14(22-21-12)11-7-6-8-25-11/h6-8H,9-10H2,1-5H3,(H,17,18)(H,20,24)(H,19,21,22). The fraction of sp³-hybridized carbons (Fsp3) is 0.500. The lowest BCUT2D eigenvalue weighted by Gasteiger charge is -2.25. The van der Waals surface area contributed by atoms with Gasteiger partial charge >= 0.3 is 0 Å². The first kappa shape index (κ1) is 18.5. The van der Waals surface area contributed by atoms with Gasteiger partial charge in [-0.25, -0.2) is 4.98 Å². The third-order valence-corrected chi connectivity index (χ3v) is 3.16. The van der Waals surface area contributed by atoms with Gasteiger partial charge in [-0.2, -0.15) is 0 Å². The Balaban J connectivity index is 1.88. The number of guanidine groups is 1. The summed E-state index contributed by atoms with van der Waals surface area (Å²) in [6.45, 7) is 6.42. The van der Waals surface area contributed by atoms with Crippen LogP contribution < -0.4 is 10.6 Å². The molecule has 0 saturated heterocycles. The third kappa shape index (κ3) is 5.63. The van der Waals surface area contributed by atoms with Crippen molar-refractivity contribution in [3.63, 3.8) is 0 Å². The molecule has 0 fully saturated rings. The van der Waals surface area contributed by atoms with Crippen molar-refractivity contribution in [1.82, 2.24) is 30.7 Å². The van der Waals surface area contributed by atoms with E-state index in [9.17, 15) is 4.79 Å². The molecule has 0 spiro atoms. The van der Waals surface area contributed by atoms with Crippen LogP contribution in [0.1, 0.15) is 26.6 Å². The van der Waals surface area contributed by atoms with Crippen molar-refractivity contribution in [3.05, 3.63) is 24.2 Å². The molecule has 0 aromatic carbocycles. The van der Waals surface area contributed by atoms with Crippen LogP contribution in [0.4, 0.5) is 0 Å². The van der Waals surface area contributed by atoms with Gasteiger partial charge in [0.15, 0.2) is 11.7 Å². The van der Waals surface area contributed by atoms with E-state index in [0.717, 1.165) is 0 Å². The molecule has 1 amide bonds. The van der Waals surface area contributed by atoms with Gasteiger partial charge in [-0.3, -0.25) is 14.9 Å². The molecule has 0 atom stereocenters. The zero-order chi connectivity index (χ0) is 18.4. The fourth-order valence-electron chi connectivity index (χ4n) is 2.19. The number of hydrogen-bond donors (Lipinski definition) is 3. The Morgan fingerprint density at radius 1 is 1.44 bits per heavy atom. The topological polar surface area (TPSA) is 111 Å². The Morgan fingerprint density at radius 3 is 2.80 bits per heavy atom. The van der Waals surface area contributed by atoms with E-state index in [1.54, 1.807) is 37.4 Å². The quantitative estimate of drug-likeness (QED) is 0.549. The third-order valence-electron chi connectivity index (χ3n) is 3.16. The predicted molar refractivity (Wildman–Crippen MR) is 94.8 cm³/mol. The summed E-state index contributed by atoms with van der Waals surface area (Å²) in [5, 5.41) is 13.0. The highest BCUT2D eigenvalue weighted by atomic mass is 16.3. The Bertz CT molecular complexity index is 713. The summed E-state index contributed by atoms with van der Waals surface area (Å²) in [6.07, 6.45) is 1.57. The number of aromatic amines is 1. The van der Waals surface area contributed by atoms with E-state index in [1.165, 1.54) is 0 Å². The molecular formula is C16H25N7O2. The van der Waals surface area contributed by atoms with Crippen molar-refractivity contribution in [2.24, 2.45) is 4.99 Å². The molecule has 0 unspecified atom stereocenters. The molecule has 0 aliphatic rings. The van der Waals surface area contributed by atoms with Crippen LogP contribution in [-0.4, -0.2) is 58.1 Å². The van der Waals surface area contributed by atoms with Crippen molar-refractivity contribution in [2.45, 2.75) is 32.9 Å². The lowest BCUT2D eigenvalue weighted by atomic mass is 10.1. The van der Waals surface area contributed by atoms with Crippen LogP contribution in [0.25, 0.3) is 11.6 Å². The minimum Gasteiger partial charge on any atom is -0.461 e. The summed E-state index contributed by atoms with van der Waals surface area (Å²) in [5.41, 5.74) is -0.267. The predicted octanol–water partition coefficient (Wildman–Crippen LogP) is 0.987. The maximum Gasteiger partial charge on any atom is 0.240 e. The molecule has 25 heavy (non-hydrogen) atoms. The zero-order valence-corrected chi connectivity index (χ0v) is 15.3. The Hall–Kier alpha value is -2.84. The molecule has 0 bridgehead atoms. The maximum absolute atomic E-state index is 12.0. The summed E-state index contributed by atoms with van der Waals surface area (Å²) < 4.78 is 5.26. The number of amides is 1. The largest absolute Gasteiger partial charge is 0.461 e. The number of carbonyl (C=O) groups excluding carboxylic acids is 1. The van der Waals surface area contributed by atoms with Gasteiger partial charge in [-0.15, -0.1) is 5.10 Å². The lowest BCUT2D eigenvalue weighted by molar-refractivity contribution is -0.122. The molecule has 2 aromatic rings. The molecule has 136 valence electrons. The number of nitrogens with one attached hydrogen (secondary N) is 3. The number of aromatic nitrogens is 3. The Labute approximate surface area is 146 Å². The molecule has 0 radical (unpaired) electrons. The molecule has 3 N–H and O–H groups in total. The molecule has 9 heteroatoms. The first-order valence-electron chi connectivity index (χ1n) is 7.96.